The maximum Gasteiger partial charge on any atom is 0.266 e. The van der Waals surface area contributed by atoms with E-state index < -0.39 is 11.7 Å². The van der Waals surface area contributed by atoms with Crippen molar-refractivity contribution in [3.05, 3.63) is 63.4 Å². The zero-order valence-electron chi connectivity index (χ0n) is 13.1. The second-order valence-electron chi connectivity index (χ2n) is 4.93. The summed E-state index contributed by atoms with van der Waals surface area (Å²) in [6.07, 6.45) is 1.42. The van der Waals surface area contributed by atoms with Gasteiger partial charge < -0.3 is 10.1 Å². The minimum Gasteiger partial charge on any atom is -0.496 e. The number of para-hydroxylation sites is 1. The molecule has 2 aromatic carbocycles. The zero-order chi connectivity index (χ0) is 17.7. The lowest BCUT2D eigenvalue weighted by Crippen LogP contribution is -2.14. The van der Waals surface area contributed by atoms with Crippen LogP contribution >= 0.6 is 15.9 Å². The molecular formula is C18H14BrFN2O2. The molecule has 122 valence electrons. The van der Waals surface area contributed by atoms with Crippen molar-refractivity contribution in [2.24, 2.45) is 0 Å². The second-order valence-corrected chi connectivity index (χ2v) is 5.79. The van der Waals surface area contributed by atoms with Crippen LogP contribution in [0.2, 0.25) is 0 Å². The number of methoxy groups -OCH3 is 1. The summed E-state index contributed by atoms with van der Waals surface area (Å²) in [6.45, 7) is 1.88. The number of hydrogen-bond donors (Lipinski definition) is 1. The lowest BCUT2D eigenvalue weighted by molar-refractivity contribution is -0.112. The van der Waals surface area contributed by atoms with Crippen LogP contribution in [0.4, 0.5) is 10.1 Å². The fourth-order valence-corrected chi connectivity index (χ4v) is 2.50. The number of benzene rings is 2. The highest BCUT2D eigenvalue weighted by molar-refractivity contribution is 9.10. The van der Waals surface area contributed by atoms with E-state index in [1.807, 2.05) is 13.0 Å². The molecule has 0 bridgehead atoms. The van der Waals surface area contributed by atoms with E-state index in [0.717, 1.165) is 10.0 Å². The van der Waals surface area contributed by atoms with Gasteiger partial charge in [-0.25, -0.2) is 4.39 Å². The van der Waals surface area contributed by atoms with Gasteiger partial charge in [0.05, 0.1) is 12.8 Å². The number of carbonyl (C=O) groups excluding carboxylic acids is 1. The molecule has 0 aliphatic carbocycles. The van der Waals surface area contributed by atoms with Gasteiger partial charge in [0.1, 0.15) is 23.2 Å². The average molecular weight is 389 g/mol. The summed E-state index contributed by atoms with van der Waals surface area (Å²) in [5.74, 6) is -0.622. The van der Waals surface area contributed by atoms with Crippen LogP contribution in [-0.4, -0.2) is 13.0 Å². The summed E-state index contributed by atoms with van der Waals surface area (Å²) in [5, 5.41) is 11.6. The second kappa shape index (κ2) is 7.75. The Hall–Kier alpha value is -2.65. The molecule has 0 fully saturated rings. The smallest absolute Gasteiger partial charge is 0.266 e. The Balaban J connectivity index is 2.33. The number of nitriles is 1. The first-order valence-corrected chi connectivity index (χ1v) is 7.77. The van der Waals surface area contributed by atoms with E-state index in [2.05, 4.69) is 21.2 Å². The molecule has 0 aliphatic rings. The zero-order valence-corrected chi connectivity index (χ0v) is 14.6. The van der Waals surface area contributed by atoms with Gasteiger partial charge in [0, 0.05) is 10.0 Å². The molecule has 0 heterocycles. The number of hydrogen-bond acceptors (Lipinski definition) is 3. The van der Waals surface area contributed by atoms with Crippen molar-refractivity contribution >= 4 is 33.6 Å². The van der Waals surface area contributed by atoms with Gasteiger partial charge >= 0.3 is 0 Å². The lowest BCUT2D eigenvalue weighted by Gasteiger charge is -2.09. The highest BCUT2D eigenvalue weighted by atomic mass is 79.9. The highest BCUT2D eigenvalue weighted by Gasteiger charge is 2.13. The molecule has 1 N–H and O–H groups in total. The van der Waals surface area contributed by atoms with Gasteiger partial charge in [-0.2, -0.15) is 5.26 Å². The van der Waals surface area contributed by atoms with Crippen molar-refractivity contribution in [3.8, 4) is 11.8 Å². The maximum atomic E-state index is 13.6. The molecule has 0 aliphatic heterocycles. The lowest BCUT2D eigenvalue weighted by atomic mass is 10.1. The van der Waals surface area contributed by atoms with E-state index in [-0.39, 0.29) is 11.3 Å². The predicted molar refractivity (Wildman–Crippen MR) is 94.1 cm³/mol. The molecule has 24 heavy (non-hydrogen) atoms. The number of nitrogens with zero attached hydrogens (tertiary/aromatic N) is 1. The summed E-state index contributed by atoms with van der Waals surface area (Å²) in [5.41, 5.74) is 1.40. The molecule has 6 heteroatoms. The molecule has 0 aromatic heterocycles. The number of nitrogens with one attached hydrogen (secondary N) is 1. The number of rotatable bonds is 4. The average Bonchev–Trinajstić information content (AvgIpc) is 2.57. The van der Waals surface area contributed by atoms with Crippen molar-refractivity contribution in [1.29, 1.82) is 5.26 Å². The largest absolute Gasteiger partial charge is 0.496 e. The molecule has 0 saturated heterocycles. The molecule has 4 nitrogen and oxygen atoms in total. The number of halogens is 2. The first-order chi connectivity index (χ1) is 11.5. The van der Waals surface area contributed by atoms with E-state index in [1.165, 1.54) is 24.3 Å². The molecule has 2 rings (SSSR count). The third-order valence-corrected chi connectivity index (χ3v) is 4.16. The van der Waals surface area contributed by atoms with Crippen LogP contribution < -0.4 is 10.1 Å². The molecule has 0 spiro atoms. The van der Waals surface area contributed by atoms with Crippen LogP contribution in [0, 0.1) is 24.1 Å². The monoisotopic (exact) mass is 388 g/mol. The Morgan fingerprint density at radius 1 is 1.38 bits per heavy atom. The highest BCUT2D eigenvalue weighted by Crippen LogP contribution is 2.29. The van der Waals surface area contributed by atoms with E-state index in [4.69, 9.17) is 4.74 Å². The Morgan fingerprint density at radius 2 is 2.08 bits per heavy atom. The van der Waals surface area contributed by atoms with Crippen LogP contribution in [0.25, 0.3) is 6.08 Å². The van der Waals surface area contributed by atoms with Crippen molar-refractivity contribution in [1.82, 2.24) is 0 Å². The summed E-state index contributed by atoms with van der Waals surface area (Å²) in [6, 6.07) is 11.1. The summed E-state index contributed by atoms with van der Waals surface area (Å²) in [4.78, 5) is 12.2. The fraction of sp³-hybridized carbons (Fsp3) is 0.111. The van der Waals surface area contributed by atoms with E-state index in [9.17, 15) is 14.4 Å². The van der Waals surface area contributed by atoms with Crippen LogP contribution in [-0.2, 0) is 4.79 Å². The van der Waals surface area contributed by atoms with Gasteiger partial charge in [-0.3, -0.25) is 4.79 Å². The fourth-order valence-electron chi connectivity index (χ4n) is 2.04. The van der Waals surface area contributed by atoms with Gasteiger partial charge in [0.2, 0.25) is 0 Å². The van der Waals surface area contributed by atoms with Crippen molar-refractivity contribution in [2.45, 2.75) is 6.92 Å². The van der Waals surface area contributed by atoms with Gasteiger partial charge in [-0.05, 0) is 42.8 Å². The van der Waals surface area contributed by atoms with Crippen LogP contribution in [0.5, 0.6) is 5.75 Å². The topological polar surface area (TPSA) is 62.1 Å². The van der Waals surface area contributed by atoms with Crippen LogP contribution in [0.3, 0.4) is 0 Å². The minimum absolute atomic E-state index is 0.0197. The molecule has 0 unspecified atom stereocenters. The third kappa shape index (κ3) is 4.00. The summed E-state index contributed by atoms with van der Waals surface area (Å²) < 4.78 is 19.7. The molecule has 2 aromatic rings. The SMILES string of the molecule is COc1cc(/C=C(\C#N)C(=O)Nc2ccccc2F)cc(Br)c1C. The normalized spacial score (nSPS) is 10.9. The minimum atomic E-state index is -0.682. The Kier molecular flexibility index (Phi) is 5.72. The van der Waals surface area contributed by atoms with Gasteiger partial charge in [-0.1, -0.05) is 28.1 Å². The van der Waals surface area contributed by atoms with Gasteiger partial charge in [0.15, 0.2) is 0 Å². The molecule has 1 amide bonds. The summed E-state index contributed by atoms with van der Waals surface area (Å²) in [7, 11) is 1.54. The quantitative estimate of drug-likeness (QED) is 0.621. The first kappa shape index (κ1) is 17.7. The van der Waals surface area contributed by atoms with Gasteiger partial charge in [0.25, 0.3) is 5.91 Å². The molecule has 0 atom stereocenters. The maximum absolute atomic E-state index is 13.6. The van der Waals surface area contributed by atoms with Crippen molar-refractivity contribution in [2.75, 3.05) is 12.4 Å². The Morgan fingerprint density at radius 3 is 2.71 bits per heavy atom. The van der Waals surface area contributed by atoms with Crippen molar-refractivity contribution < 1.29 is 13.9 Å². The van der Waals surface area contributed by atoms with Crippen molar-refractivity contribution in [3.63, 3.8) is 0 Å². The predicted octanol–water partition coefficient (Wildman–Crippen LogP) is 4.45. The number of amides is 1. The Labute approximate surface area is 147 Å². The number of anilines is 1. The number of ether oxygens (including phenoxy) is 1. The molecule has 0 radical (unpaired) electrons. The number of carbonyl (C=O) groups is 1. The van der Waals surface area contributed by atoms with E-state index in [1.54, 1.807) is 25.3 Å². The molecular weight excluding hydrogens is 375 g/mol. The summed E-state index contributed by atoms with van der Waals surface area (Å²) >= 11 is 3.41. The van der Waals surface area contributed by atoms with E-state index in [0.29, 0.717) is 11.3 Å². The first-order valence-electron chi connectivity index (χ1n) is 6.98. The van der Waals surface area contributed by atoms with Gasteiger partial charge in [-0.15, -0.1) is 0 Å². The third-order valence-electron chi connectivity index (χ3n) is 3.34. The standard InChI is InChI=1S/C18H14BrFN2O2/c1-11-14(19)8-12(9-17(11)24-2)7-13(10-21)18(23)22-16-6-4-3-5-15(16)20/h3-9H,1-2H3,(H,22,23)/b13-7+. The van der Waals surface area contributed by atoms with Crippen LogP contribution in [0.1, 0.15) is 11.1 Å². The van der Waals surface area contributed by atoms with Crippen LogP contribution in [0.15, 0.2) is 46.4 Å². The van der Waals surface area contributed by atoms with E-state index >= 15 is 0 Å². The molecule has 0 saturated carbocycles. The Bertz CT molecular complexity index is 857.